The van der Waals surface area contributed by atoms with Crippen molar-refractivity contribution in [2.45, 2.75) is 13.3 Å². The number of halogens is 3. The van der Waals surface area contributed by atoms with Crippen molar-refractivity contribution in [1.29, 1.82) is 0 Å². The number of nitrogens with zero attached hydrogens (tertiary/aromatic N) is 2. The second kappa shape index (κ2) is 12.8. The van der Waals surface area contributed by atoms with Gasteiger partial charge < -0.3 is 28.9 Å². The third-order valence-corrected chi connectivity index (χ3v) is 7.06. The summed E-state index contributed by atoms with van der Waals surface area (Å²) in [5.74, 6) is 0. The van der Waals surface area contributed by atoms with E-state index in [1.54, 1.807) is 0 Å². The Morgan fingerprint density at radius 1 is 0.743 bits per heavy atom. The molecule has 5 heteroatoms. The molecule has 35 heavy (non-hydrogen) atoms. The van der Waals surface area contributed by atoms with Crippen molar-refractivity contribution < 1.29 is 28.5 Å². The molecule has 0 aliphatic heterocycles. The van der Waals surface area contributed by atoms with Crippen molar-refractivity contribution in [1.82, 2.24) is 0 Å². The topological polar surface area (TPSA) is 7.12 Å². The van der Waals surface area contributed by atoms with Gasteiger partial charge in [0.05, 0.1) is 0 Å². The summed E-state index contributed by atoms with van der Waals surface area (Å²) >= 11 is 7.11. The Kier molecular flexibility index (Phi) is 10.1. The molecule has 1 aromatic heterocycles. The van der Waals surface area contributed by atoms with Gasteiger partial charge in [0.2, 0.25) is 11.4 Å². The van der Waals surface area contributed by atoms with Crippen LogP contribution in [0.25, 0.3) is 34.5 Å². The zero-order chi connectivity index (χ0) is 24.1. The first-order valence-electron chi connectivity index (χ1n) is 11.5. The van der Waals surface area contributed by atoms with E-state index in [4.69, 9.17) is 0 Å². The average molecular weight is 704 g/mol. The van der Waals surface area contributed by atoms with Crippen LogP contribution in [0.2, 0.25) is 0 Å². The van der Waals surface area contributed by atoms with E-state index >= 15 is 0 Å². The lowest BCUT2D eigenvalue weighted by molar-refractivity contribution is -0.662. The molecule has 4 aromatic rings. The highest BCUT2D eigenvalue weighted by Gasteiger charge is 2.17. The highest BCUT2D eigenvalue weighted by atomic mass is 127. The fourth-order valence-corrected chi connectivity index (χ4v) is 4.56. The Bertz CT molecular complexity index is 1280. The fourth-order valence-electron chi connectivity index (χ4n) is 4.03. The van der Waals surface area contributed by atoms with Crippen molar-refractivity contribution in [2.75, 3.05) is 18.5 Å². The number of hydrogen-bond donors (Lipinski definition) is 0. The fraction of sp³-hybridized carbons (Fsp3) is 0.167. The molecule has 3 aromatic carbocycles. The smallest absolute Gasteiger partial charge is 0.213 e. The van der Waals surface area contributed by atoms with Gasteiger partial charge in [0.15, 0.2) is 0 Å². The largest absolute Gasteiger partial charge is 1.00 e. The molecule has 0 fully saturated rings. The van der Waals surface area contributed by atoms with E-state index in [9.17, 15) is 0 Å². The second-order valence-corrected chi connectivity index (χ2v) is 10.3. The van der Waals surface area contributed by atoms with Gasteiger partial charge in [-0.05, 0) is 77.7 Å². The Morgan fingerprint density at radius 2 is 1.31 bits per heavy atom. The molecule has 0 saturated heterocycles. The molecule has 0 amide bonds. The summed E-state index contributed by atoms with van der Waals surface area (Å²) in [5.41, 5.74) is 8.32. The molecule has 0 N–H and O–H groups in total. The molecule has 2 nitrogen and oxygen atoms in total. The summed E-state index contributed by atoms with van der Waals surface area (Å²) in [6.45, 7) is 3.27. The summed E-state index contributed by atoms with van der Waals surface area (Å²) in [6.07, 6.45) is 5.54. The van der Waals surface area contributed by atoms with Gasteiger partial charge in [-0.1, -0.05) is 63.0 Å². The third-order valence-electron chi connectivity index (χ3n) is 6.00. The van der Waals surface area contributed by atoms with Crippen LogP contribution in [0.15, 0.2) is 93.9 Å². The first-order chi connectivity index (χ1) is 16.4. The van der Waals surface area contributed by atoms with Crippen molar-refractivity contribution in [3.8, 4) is 22.4 Å². The van der Waals surface area contributed by atoms with Crippen LogP contribution >= 0.6 is 31.9 Å². The molecule has 4 rings (SSSR count). The molecule has 0 radical (unpaired) electrons. The maximum atomic E-state index is 3.56. The molecule has 1 heterocycles. The lowest BCUT2D eigenvalue weighted by Gasteiger charge is -2.18. The third kappa shape index (κ3) is 7.05. The molecule has 0 spiro atoms. The predicted octanol–water partition coefficient (Wildman–Crippen LogP) is 5.39. The van der Waals surface area contributed by atoms with Crippen molar-refractivity contribution >= 4 is 49.7 Å². The van der Waals surface area contributed by atoms with Crippen molar-refractivity contribution in [3.05, 3.63) is 105 Å². The van der Waals surface area contributed by atoms with E-state index in [1.807, 2.05) is 0 Å². The highest BCUT2D eigenvalue weighted by molar-refractivity contribution is 9.10. The van der Waals surface area contributed by atoms with Crippen LogP contribution in [0.5, 0.6) is 0 Å². The summed E-state index contributed by atoms with van der Waals surface area (Å²) in [4.78, 5) is 2.29. The monoisotopic (exact) mass is 702 g/mol. The van der Waals surface area contributed by atoms with E-state index in [0.717, 1.165) is 27.6 Å². The molecule has 0 aliphatic carbocycles. The minimum atomic E-state index is 0. The van der Waals surface area contributed by atoms with Crippen LogP contribution in [0.1, 0.15) is 24.6 Å². The molecule has 0 unspecified atom stereocenters. The van der Waals surface area contributed by atoms with Crippen LogP contribution in [0, 0.1) is 0 Å². The van der Waals surface area contributed by atoms with Gasteiger partial charge in [0, 0.05) is 52.0 Å². The lowest BCUT2D eigenvalue weighted by Crippen LogP contribution is -3.00. The van der Waals surface area contributed by atoms with Crippen molar-refractivity contribution in [3.63, 3.8) is 0 Å². The van der Waals surface area contributed by atoms with Gasteiger partial charge in [0.25, 0.3) is 0 Å². The first kappa shape index (κ1) is 27.6. The minimum absolute atomic E-state index is 0. The van der Waals surface area contributed by atoms with E-state index in [0.29, 0.717) is 0 Å². The second-order valence-electron chi connectivity index (χ2n) is 8.47. The number of pyridine rings is 1. The van der Waals surface area contributed by atoms with E-state index in [1.165, 1.54) is 33.6 Å². The summed E-state index contributed by atoms with van der Waals surface area (Å²) in [7, 11) is 4.27. The average Bonchev–Trinajstić information content (AvgIpc) is 2.85. The standard InChI is InChI=1S/C30H29Br2N2.HI/c1-4-19-33(2)28-16-5-22(6-17-28)7-18-29-20-25(23-8-12-26(31)13-9-23)21-30(34(29)3)24-10-14-27(32)15-11-24;/h5-18,20-21H,4,19H2,1-3H3;1H/q+1;/p-1. The lowest BCUT2D eigenvalue weighted by atomic mass is 10.0. The summed E-state index contributed by atoms with van der Waals surface area (Å²) in [5, 5.41) is 0. The Balaban J connectivity index is 0.00000342. The van der Waals surface area contributed by atoms with E-state index in [-0.39, 0.29) is 24.0 Å². The molecule has 0 aliphatic rings. The van der Waals surface area contributed by atoms with Crippen LogP contribution in [0.3, 0.4) is 0 Å². The maximum Gasteiger partial charge on any atom is 0.213 e. The number of benzene rings is 3. The van der Waals surface area contributed by atoms with Crippen molar-refractivity contribution in [2.24, 2.45) is 7.05 Å². The number of rotatable bonds is 7. The zero-order valence-corrected chi connectivity index (χ0v) is 25.5. The van der Waals surface area contributed by atoms with Gasteiger partial charge in [-0.2, -0.15) is 4.57 Å². The summed E-state index contributed by atoms with van der Waals surface area (Å²) in [6, 6.07) is 30.3. The Morgan fingerprint density at radius 3 is 1.89 bits per heavy atom. The molecular formula is C30H29Br2IN2. The Hall–Kier alpha value is -1.96. The van der Waals surface area contributed by atoms with Crippen LogP contribution in [-0.2, 0) is 7.05 Å². The summed E-state index contributed by atoms with van der Waals surface area (Å²) < 4.78 is 4.42. The first-order valence-corrected chi connectivity index (χ1v) is 13.1. The molecule has 0 atom stereocenters. The normalized spacial score (nSPS) is 10.9. The zero-order valence-electron chi connectivity index (χ0n) is 20.2. The van der Waals surface area contributed by atoms with E-state index < -0.39 is 0 Å². The minimum Gasteiger partial charge on any atom is -1.00 e. The van der Waals surface area contributed by atoms with Crippen LogP contribution in [0.4, 0.5) is 5.69 Å². The van der Waals surface area contributed by atoms with Crippen LogP contribution < -0.4 is 33.4 Å². The number of hydrogen-bond acceptors (Lipinski definition) is 1. The highest BCUT2D eigenvalue weighted by Crippen LogP contribution is 2.28. The maximum absolute atomic E-state index is 3.56. The SMILES string of the molecule is CCCN(C)c1ccc(/C=C/c2cc(-c3ccc(Br)cc3)cc(-c3ccc(Br)cc3)[n+]2C)cc1.[I-]. The molecule has 0 bridgehead atoms. The van der Waals surface area contributed by atoms with Gasteiger partial charge in [-0.25, -0.2) is 0 Å². The van der Waals surface area contributed by atoms with Gasteiger partial charge in [-0.3, -0.25) is 0 Å². The number of anilines is 1. The molecule has 0 saturated carbocycles. The van der Waals surface area contributed by atoms with E-state index in [2.05, 4.69) is 159 Å². The van der Waals surface area contributed by atoms with Gasteiger partial charge in [0.1, 0.15) is 7.05 Å². The van der Waals surface area contributed by atoms with Gasteiger partial charge >= 0.3 is 0 Å². The predicted molar refractivity (Wildman–Crippen MR) is 153 cm³/mol. The Labute approximate surface area is 243 Å². The molecule has 180 valence electrons. The molecular weight excluding hydrogens is 675 g/mol. The quantitative estimate of drug-likeness (QED) is 0.185. The van der Waals surface area contributed by atoms with Crippen LogP contribution in [-0.4, -0.2) is 13.6 Å². The van der Waals surface area contributed by atoms with Gasteiger partial charge in [-0.15, -0.1) is 0 Å². The number of aromatic nitrogens is 1.